The fraction of sp³-hybridized carbons (Fsp3) is 0. The van der Waals surface area contributed by atoms with E-state index in [1.54, 1.807) is 11.3 Å². The van der Waals surface area contributed by atoms with Crippen LogP contribution in [0.5, 0.6) is 0 Å². The van der Waals surface area contributed by atoms with E-state index in [0.717, 1.165) is 16.2 Å². The Morgan fingerprint density at radius 2 is 1.64 bits per heavy atom. The SMILES string of the molecule is O=C(Nc1ccc(F)cc1)Nc1ccc(-c2cn3ccsc3n2)cc1. The summed E-state index contributed by atoms with van der Waals surface area (Å²) in [4.78, 5) is 17.5. The maximum atomic E-state index is 12.9. The fourth-order valence-corrected chi connectivity index (χ4v) is 3.12. The van der Waals surface area contributed by atoms with Crippen molar-refractivity contribution in [3.8, 4) is 11.3 Å². The molecule has 2 heterocycles. The van der Waals surface area contributed by atoms with E-state index in [1.807, 2.05) is 46.4 Å². The Labute approximate surface area is 146 Å². The van der Waals surface area contributed by atoms with Crippen molar-refractivity contribution in [3.05, 3.63) is 72.1 Å². The maximum Gasteiger partial charge on any atom is 0.323 e. The van der Waals surface area contributed by atoms with Crippen LogP contribution in [-0.4, -0.2) is 15.4 Å². The van der Waals surface area contributed by atoms with Gasteiger partial charge in [0.25, 0.3) is 0 Å². The lowest BCUT2D eigenvalue weighted by atomic mass is 10.1. The van der Waals surface area contributed by atoms with Gasteiger partial charge >= 0.3 is 6.03 Å². The summed E-state index contributed by atoms with van der Waals surface area (Å²) in [5.74, 6) is -0.347. The molecule has 2 aromatic heterocycles. The Bertz CT molecular complexity index is 993. The molecular weight excluding hydrogens is 339 g/mol. The lowest BCUT2D eigenvalue weighted by Gasteiger charge is -2.08. The second-order valence-corrected chi connectivity index (χ2v) is 6.26. The number of anilines is 2. The van der Waals surface area contributed by atoms with Crippen LogP contribution in [0, 0.1) is 5.82 Å². The average Bonchev–Trinajstić information content (AvgIpc) is 3.19. The molecule has 2 amide bonds. The van der Waals surface area contributed by atoms with Crippen molar-refractivity contribution in [1.82, 2.24) is 9.38 Å². The van der Waals surface area contributed by atoms with Gasteiger partial charge in [0.1, 0.15) is 5.82 Å². The second-order valence-electron chi connectivity index (χ2n) is 5.38. The Balaban J connectivity index is 1.43. The van der Waals surface area contributed by atoms with E-state index in [4.69, 9.17) is 0 Å². The summed E-state index contributed by atoms with van der Waals surface area (Å²) >= 11 is 1.58. The van der Waals surface area contributed by atoms with E-state index in [2.05, 4.69) is 15.6 Å². The number of carbonyl (C=O) groups is 1. The Hall–Kier alpha value is -3.19. The molecule has 0 aliphatic heterocycles. The van der Waals surface area contributed by atoms with Gasteiger partial charge in [-0.05, 0) is 36.4 Å². The topological polar surface area (TPSA) is 58.4 Å². The third-order valence-corrected chi connectivity index (χ3v) is 4.40. The molecule has 25 heavy (non-hydrogen) atoms. The monoisotopic (exact) mass is 352 g/mol. The zero-order valence-corrected chi connectivity index (χ0v) is 13.8. The molecule has 0 fully saturated rings. The number of fused-ring (bicyclic) bond motifs is 1. The van der Waals surface area contributed by atoms with Crippen molar-refractivity contribution in [2.75, 3.05) is 10.6 Å². The van der Waals surface area contributed by atoms with Crippen LogP contribution in [0.25, 0.3) is 16.2 Å². The van der Waals surface area contributed by atoms with E-state index in [1.165, 1.54) is 24.3 Å². The number of hydrogen-bond acceptors (Lipinski definition) is 3. The summed E-state index contributed by atoms with van der Waals surface area (Å²) in [7, 11) is 0. The van der Waals surface area contributed by atoms with Gasteiger partial charge in [-0.15, -0.1) is 11.3 Å². The maximum absolute atomic E-state index is 12.9. The van der Waals surface area contributed by atoms with E-state index >= 15 is 0 Å². The van der Waals surface area contributed by atoms with Gasteiger partial charge in [-0.2, -0.15) is 0 Å². The van der Waals surface area contributed by atoms with Gasteiger partial charge in [0.2, 0.25) is 0 Å². The number of aromatic nitrogens is 2. The van der Waals surface area contributed by atoms with Gasteiger partial charge in [-0.3, -0.25) is 4.40 Å². The van der Waals surface area contributed by atoms with E-state index in [-0.39, 0.29) is 11.8 Å². The summed E-state index contributed by atoms with van der Waals surface area (Å²) < 4.78 is 14.8. The van der Waals surface area contributed by atoms with Crippen molar-refractivity contribution in [2.24, 2.45) is 0 Å². The molecule has 4 aromatic rings. The molecule has 4 rings (SSSR count). The van der Waals surface area contributed by atoms with Crippen LogP contribution < -0.4 is 10.6 Å². The molecule has 5 nitrogen and oxygen atoms in total. The minimum Gasteiger partial charge on any atom is -0.308 e. The number of halogens is 1. The van der Waals surface area contributed by atoms with E-state index in [0.29, 0.717) is 11.4 Å². The van der Waals surface area contributed by atoms with E-state index in [9.17, 15) is 9.18 Å². The van der Waals surface area contributed by atoms with Gasteiger partial charge < -0.3 is 10.6 Å². The third kappa shape index (κ3) is 3.36. The standard InChI is InChI=1S/C18H13FN4OS/c19-13-3-7-15(8-4-13)21-17(24)20-14-5-1-12(2-6-14)16-11-23-9-10-25-18(23)22-16/h1-11H,(H2,20,21,24). The first-order chi connectivity index (χ1) is 12.2. The normalized spacial score (nSPS) is 10.8. The predicted molar refractivity (Wildman–Crippen MR) is 97.5 cm³/mol. The number of benzene rings is 2. The molecule has 124 valence electrons. The van der Waals surface area contributed by atoms with Crippen LogP contribution >= 0.6 is 11.3 Å². The molecule has 0 bridgehead atoms. The van der Waals surface area contributed by atoms with Gasteiger partial charge in [-0.25, -0.2) is 14.2 Å². The molecule has 0 spiro atoms. The smallest absolute Gasteiger partial charge is 0.308 e. The molecule has 0 aliphatic rings. The number of nitrogens with one attached hydrogen (secondary N) is 2. The molecule has 0 atom stereocenters. The fourth-order valence-electron chi connectivity index (χ4n) is 2.42. The molecule has 0 saturated heterocycles. The van der Waals surface area contributed by atoms with Crippen LogP contribution in [0.1, 0.15) is 0 Å². The molecule has 0 radical (unpaired) electrons. The minimum absolute atomic E-state index is 0.347. The summed E-state index contributed by atoms with van der Waals surface area (Å²) in [6, 6.07) is 12.6. The molecule has 0 unspecified atom stereocenters. The highest BCUT2D eigenvalue weighted by Gasteiger charge is 2.07. The number of rotatable bonds is 3. The van der Waals surface area contributed by atoms with Gasteiger partial charge in [0.05, 0.1) is 5.69 Å². The van der Waals surface area contributed by atoms with Gasteiger partial charge in [0, 0.05) is 34.7 Å². The molecule has 2 N–H and O–H groups in total. The first kappa shape index (κ1) is 15.3. The highest BCUT2D eigenvalue weighted by Crippen LogP contribution is 2.23. The third-order valence-electron chi connectivity index (χ3n) is 3.63. The largest absolute Gasteiger partial charge is 0.323 e. The number of carbonyl (C=O) groups excluding carboxylic acids is 1. The lowest BCUT2D eigenvalue weighted by molar-refractivity contribution is 0.262. The van der Waals surface area contributed by atoms with Crippen LogP contribution in [-0.2, 0) is 0 Å². The van der Waals surface area contributed by atoms with Crippen molar-refractivity contribution in [2.45, 2.75) is 0 Å². The molecule has 0 saturated carbocycles. The summed E-state index contributed by atoms with van der Waals surface area (Å²) in [5, 5.41) is 7.37. The molecular formula is C18H13FN4OS. The summed E-state index contributed by atoms with van der Waals surface area (Å²) in [5.41, 5.74) is 3.03. The van der Waals surface area contributed by atoms with Gasteiger partial charge in [0.15, 0.2) is 4.96 Å². The number of thiazole rings is 1. The first-order valence-electron chi connectivity index (χ1n) is 7.53. The van der Waals surface area contributed by atoms with E-state index < -0.39 is 0 Å². The highest BCUT2D eigenvalue weighted by atomic mass is 32.1. The zero-order valence-electron chi connectivity index (χ0n) is 12.9. The zero-order chi connectivity index (χ0) is 17.2. The number of hydrogen-bond donors (Lipinski definition) is 2. The number of urea groups is 1. The first-order valence-corrected chi connectivity index (χ1v) is 8.41. The van der Waals surface area contributed by atoms with Crippen molar-refractivity contribution >= 4 is 33.7 Å². The van der Waals surface area contributed by atoms with Crippen LogP contribution in [0.2, 0.25) is 0 Å². The second kappa shape index (κ2) is 6.37. The lowest BCUT2D eigenvalue weighted by Crippen LogP contribution is -2.19. The van der Waals surface area contributed by atoms with Crippen molar-refractivity contribution in [3.63, 3.8) is 0 Å². The molecule has 2 aromatic carbocycles. The predicted octanol–water partition coefficient (Wildman–Crippen LogP) is 4.85. The van der Waals surface area contributed by atoms with Crippen molar-refractivity contribution < 1.29 is 9.18 Å². The Morgan fingerprint density at radius 1 is 1.00 bits per heavy atom. The van der Waals surface area contributed by atoms with Crippen molar-refractivity contribution in [1.29, 1.82) is 0 Å². The summed E-state index contributed by atoms with van der Waals surface area (Å²) in [6.07, 6.45) is 3.93. The minimum atomic E-state index is -0.387. The highest BCUT2D eigenvalue weighted by molar-refractivity contribution is 7.15. The average molecular weight is 352 g/mol. The quantitative estimate of drug-likeness (QED) is 0.554. The van der Waals surface area contributed by atoms with Gasteiger partial charge in [-0.1, -0.05) is 12.1 Å². The number of imidazole rings is 1. The molecule has 7 heteroatoms. The Morgan fingerprint density at radius 3 is 2.28 bits per heavy atom. The Kier molecular flexibility index (Phi) is 3.91. The van der Waals surface area contributed by atoms with Crippen LogP contribution in [0.3, 0.4) is 0 Å². The summed E-state index contributed by atoms with van der Waals surface area (Å²) in [6.45, 7) is 0. The van der Waals surface area contributed by atoms with Crippen LogP contribution in [0.4, 0.5) is 20.6 Å². The number of nitrogens with zero attached hydrogens (tertiary/aromatic N) is 2. The van der Waals surface area contributed by atoms with Crippen LogP contribution in [0.15, 0.2) is 66.3 Å². The molecule has 0 aliphatic carbocycles. The number of amides is 2.